The fourth-order valence-corrected chi connectivity index (χ4v) is 4.62. The van der Waals surface area contributed by atoms with Gasteiger partial charge in [0.05, 0.1) is 0 Å². The Morgan fingerprint density at radius 3 is 1.43 bits per heavy atom. The molecule has 1 aliphatic rings. The number of fused-ring (bicyclic) bond motifs is 3. The van der Waals surface area contributed by atoms with Crippen molar-refractivity contribution in [2.24, 2.45) is 0 Å². The fraction of sp³-hybridized carbons (Fsp3) is 0.161. The van der Waals surface area contributed by atoms with Crippen LogP contribution in [0.4, 0.5) is 11.4 Å². The monoisotopic (exact) mass is 460 g/mol. The maximum atomic E-state index is 12.4. The van der Waals surface area contributed by atoms with Gasteiger partial charge in [-0.05, 0) is 76.9 Å². The highest BCUT2D eigenvalue weighted by molar-refractivity contribution is 5.93. The van der Waals surface area contributed by atoms with Crippen LogP contribution in [-0.2, 0) is 28.9 Å². The molecule has 0 saturated heterocycles. The SMILES string of the molecule is O=C(CCc1ccccc1)Nc1ccc2c(c1)Cc1cc(NC(=O)CCc3ccccc3)ccc1-2. The second-order valence-corrected chi connectivity index (χ2v) is 8.99. The summed E-state index contributed by atoms with van der Waals surface area (Å²) in [6.45, 7) is 0. The Kier molecular flexibility index (Phi) is 6.71. The van der Waals surface area contributed by atoms with E-state index in [1.807, 2.05) is 72.8 Å². The molecule has 0 saturated carbocycles. The number of hydrogen-bond acceptors (Lipinski definition) is 2. The molecule has 0 aromatic heterocycles. The predicted octanol–water partition coefficient (Wildman–Crippen LogP) is 6.40. The minimum atomic E-state index is 0.0183. The molecule has 4 aromatic rings. The largest absolute Gasteiger partial charge is 0.326 e. The van der Waals surface area contributed by atoms with Crippen LogP contribution in [0.3, 0.4) is 0 Å². The number of nitrogens with one attached hydrogen (secondary N) is 2. The van der Waals surface area contributed by atoms with E-state index < -0.39 is 0 Å². The van der Waals surface area contributed by atoms with Gasteiger partial charge in [-0.15, -0.1) is 0 Å². The molecular formula is C31H28N2O2. The Bertz CT molecular complexity index is 1240. The van der Waals surface area contributed by atoms with Crippen LogP contribution < -0.4 is 10.6 Å². The lowest BCUT2D eigenvalue weighted by molar-refractivity contribution is -0.117. The van der Waals surface area contributed by atoms with E-state index in [0.717, 1.165) is 41.8 Å². The average Bonchev–Trinajstić information content (AvgIpc) is 3.24. The van der Waals surface area contributed by atoms with Gasteiger partial charge in [-0.3, -0.25) is 9.59 Å². The third-order valence-corrected chi connectivity index (χ3v) is 6.42. The second-order valence-electron chi connectivity index (χ2n) is 8.99. The van der Waals surface area contributed by atoms with E-state index in [4.69, 9.17) is 0 Å². The third kappa shape index (κ3) is 5.67. The van der Waals surface area contributed by atoms with E-state index in [1.54, 1.807) is 0 Å². The molecule has 0 aliphatic heterocycles. The first-order valence-electron chi connectivity index (χ1n) is 12.1. The number of carbonyl (C=O) groups is 2. The zero-order chi connectivity index (χ0) is 24.0. The van der Waals surface area contributed by atoms with E-state index in [2.05, 4.69) is 34.9 Å². The summed E-state index contributed by atoms with van der Waals surface area (Å²) in [5, 5.41) is 6.08. The Morgan fingerprint density at radius 1 is 0.571 bits per heavy atom. The summed E-state index contributed by atoms with van der Waals surface area (Å²) >= 11 is 0. The molecule has 1 aliphatic carbocycles. The Balaban J connectivity index is 1.18. The molecule has 0 atom stereocenters. The molecule has 4 nitrogen and oxygen atoms in total. The maximum Gasteiger partial charge on any atom is 0.224 e. The molecule has 0 heterocycles. The van der Waals surface area contributed by atoms with Gasteiger partial charge in [0.25, 0.3) is 0 Å². The van der Waals surface area contributed by atoms with Crippen LogP contribution in [0.1, 0.15) is 35.1 Å². The first-order valence-corrected chi connectivity index (χ1v) is 12.1. The van der Waals surface area contributed by atoms with Gasteiger partial charge >= 0.3 is 0 Å². The molecule has 35 heavy (non-hydrogen) atoms. The molecule has 0 fully saturated rings. The van der Waals surface area contributed by atoms with Crippen molar-refractivity contribution < 1.29 is 9.59 Å². The molecular weight excluding hydrogens is 432 g/mol. The summed E-state index contributed by atoms with van der Waals surface area (Å²) in [6.07, 6.45) is 3.14. The van der Waals surface area contributed by atoms with Crippen molar-refractivity contribution in [2.75, 3.05) is 10.6 Å². The molecule has 0 radical (unpaired) electrons. The molecule has 0 spiro atoms. The zero-order valence-corrected chi connectivity index (χ0v) is 19.6. The van der Waals surface area contributed by atoms with Crippen molar-refractivity contribution in [3.05, 3.63) is 119 Å². The average molecular weight is 461 g/mol. The molecule has 2 amide bonds. The summed E-state index contributed by atoms with van der Waals surface area (Å²) in [5.74, 6) is 0.0367. The van der Waals surface area contributed by atoms with Crippen LogP contribution in [0.25, 0.3) is 11.1 Å². The summed E-state index contributed by atoms with van der Waals surface area (Å²) < 4.78 is 0. The van der Waals surface area contributed by atoms with Crippen LogP contribution >= 0.6 is 0 Å². The van der Waals surface area contributed by atoms with Crippen molar-refractivity contribution in [2.45, 2.75) is 32.1 Å². The zero-order valence-electron chi connectivity index (χ0n) is 19.6. The minimum absolute atomic E-state index is 0.0183. The van der Waals surface area contributed by atoms with E-state index in [9.17, 15) is 9.59 Å². The summed E-state index contributed by atoms with van der Waals surface area (Å²) in [6, 6.07) is 32.3. The van der Waals surface area contributed by atoms with Gasteiger partial charge in [0.1, 0.15) is 0 Å². The molecule has 4 heteroatoms. The van der Waals surface area contributed by atoms with E-state index in [1.165, 1.54) is 22.3 Å². The lowest BCUT2D eigenvalue weighted by Crippen LogP contribution is -2.12. The molecule has 4 aromatic carbocycles. The first-order chi connectivity index (χ1) is 17.1. The number of amides is 2. The Labute approximate surface area is 206 Å². The van der Waals surface area contributed by atoms with E-state index in [0.29, 0.717) is 12.8 Å². The maximum absolute atomic E-state index is 12.4. The number of hydrogen-bond donors (Lipinski definition) is 2. The van der Waals surface area contributed by atoms with Crippen molar-refractivity contribution in [3.63, 3.8) is 0 Å². The molecule has 0 unspecified atom stereocenters. The van der Waals surface area contributed by atoms with E-state index in [-0.39, 0.29) is 11.8 Å². The number of aryl methyl sites for hydroxylation is 2. The normalized spacial score (nSPS) is 11.4. The van der Waals surface area contributed by atoms with E-state index >= 15 is 0 Å². The van der Waals surface area contributed by atoms with Crippen molar-refractivity contribution in [3.8, 4) is 11.1 Å². The van der Waals surface area contributed by atoms with Crippen LogP contribution in [0, 0.1) is 0 Å². The highest BCUT2D eigenvalue weighted by Crippen LogP contribution is 2.39. The van der Waals surface area contributed by atoms with Crippen LogP contribution in [0.2, 0.25) is 0 Å². The lowest BCUT2D eigenvalue weighted by atomic mass is 10.0. The van der Waals surface area contributed by atoms with Crippen molar-refractivity contribution in [1.29, 1.82) is 0 Å². The van der Waals surface area contributed by atoms with Crippen molar-refractivity contribution in [1.82, 2.24) is 0 Å². The van der Waals surface area contributed by atoms with Crippen LogP contribution in [0.15, 0.2) is 97.1 Å². The van der Waals surface area contributed by atoms with Gasteiger partial charge in [0, 0.05) is 24.2 Å². The molecule has 0 bridgehead atoms. The molecule has 174 valence electrons. The predicted molar refractivity (Wildman–Crippen MR) is 141 cm³/mol. The summed E-state index contributed by atoms with van der Waals surface area (Å²) in [7, 11) is 0. The lowest BCUT2D eigenvalue weighted by Gasteiger charge is -2.09. The summed E-state index contributed by atoms with van der Waals surface area (Å²) in [5.41, 5.74) is 8.72. The summed E-state index contributed by atoms with van der Waals surface area (Å²) in [4.78, 5) is 24.9. The number of anilines is 2. The quantitative estimate of drug-likeness (QED) is 0.281. The van der Waals surface area contributed by atoms with Gasteiger partial charge < -0.3 is 10.6 Å². The molecule has 2 N–H and O–H groups in total. The van der Waals surface area contributed by atoms with Gasteiger partial charge in [0.15, 0.2) is 0 Å². The van der Waals surface area contributed by atoms with Gasteiger partial charge in [0.2, 0.25) is 11.8 Å². The Hall–Kier alpha value is -4.18. The number of benzene rings is 4. The highest BCUT2D eigenvalue weighted by atomic mass is 16.2. The number of rotatable bonds is 8. The standard InChI is InChI=1S/C31H28N2O2/c34-30(17-11-22-7-3-1-4-8-22)32-26-13-15-28-24(20-26)19-25-21-27(14-16-29(25)28)33-31(35)18-12-23-9-5-2-6-10-23/h1-10,13-16,20-21H,11-12,17-19H2,(H,32,34)(H,33,35). The topological polar surface area (TPSA) is 58.2 Å². The van der Waals surface area contributed by atoms with Crippen LogP contribution in [-0.4, -0.2) is 11.8 Å². The van der Waals surface area contributed by atoms with Crippen LogP contribution in [0.5, 0.6) is 0 Å². The highest BCUT2D eigenvalue weighted by Gasteiger charge is 2.20. The second kappa shape index (κ2) is 10.4. The smallest absolute Gasteiger partial charge is 0.224 e. The first kappa shape index (κ1) is 22.6. The number of carbonyl (C=O) groups excluding carboxylic acids is 2. The van der Waals surface area contributed by atoms with Gasteiger partial charge in [-0.2, -0.15) is 0 Å². The fourth-order valence-electron chi connectivity index (χ4n) is 4.62. The van der Waals surface area contributed by atoms with Gasteiger partial charge in [-0.25, -0.2) is 0 Å². The minimum Gasteiger partial charge on any atom is -0.326 e. The third-order valence-electron chi connectivity index (χ3n) is 6.42. The van der Waals surface area contributed by atoms with Gasteiger partial charge in [-0.1, -0.05) is 72.8 Å². The molecule has 5 rings (SSSR count). The van der Waals surface area contributed by atoms with Crippen molar-refractivity contribution >= 4 is 23.2 Å². The Morgan fingerprint density at radius 2 is 1.00 bits per heavy atom.